The largest absolute Gasteiger partial charge is 0.454 e. The van der Waals surface area contributed by atoms with E-state index in [-0.39, 0.29) is 18.3 Å². The van der Waals surface area contributed by atoms with E-state index in [0.29, 0.717) is 29.8 Å². The molecule has 1 fully saturated rings. The number of ether oxygens (including phenoxy) is 1. The molecule has 2 aromatic carbocycles. The van der Waals surface area contributed by atoms with Crippen LogP contribution in [-0.4, -0.2) is 30.8 Å². The predicted molar refractivity (Wildman–Crippen MR) is 96.8 cm³/mol. The van der Waals surface area contributed by atoms with Crippen LogP contribution in [0.1, 0.15) is 33.6 Å². The van der Waals surface area contributed by atoms with Crippen molar-refractivity contribution in [2.45, 2.75) is 12.8 Å². The molecule has 128 valence electrons. The average Bonchev–Trinajstić information content (AvgIpc) is 3.06. The molecule has 0 aromatic heterocycles. The van der Waals surface area contributed by atoms with Gasteiger partial charge < -0.3 is 9.64 Å². The normalized spacial score (nSPS) is 13.8. The fourth-order valence-electron chi connectivity index (χ4n) is 2.71. The minimum Gasteiger partial charge on any atom is -0.454 e. The zero-order valence-electron chi connectivity index (χ0n) is 13.4. The number of benzene rings is 2. The summed E-state index contributed by atoms with van der Waals surface area (Å²) in [5.74, 6) is -0.900. The lowest BCUT2D eigenvalue weighted by Gasteiger charge is -2.18. The third-order valence-corrected chi connectivity index (χ3v) is 4.52. The van der Waals surface area contributed by atoms with Crippen LogP contribution in [-0.2, 0) is 9.53 Å². The van der Waals surface area contributed by atoms with Gasteiger partial charge in [0.05, 0.1) is 11.3 Å². The van der Waals surface area contributed by atoms with Crippen LogP contribution in [0.4, 0.5) is 5.69 Å². The van der Waals surface area contributed by atoms with Crippen molar-refractivity contribution in [2.75, 3.05) is 18.1 Å². The highest BCUT2D eigenvalue weighted by atomic mass is 79.9. The van der Waals surface area contributed by atoms with Crippen molar-refractivity contribution in [1.82, 2.24) is 0 Å². The van der Waals surface area contributed by atoms with Crippen molar-refractivity contribution >= 4 is 39.3 Å². The molecule has 0 saturated carbocycles. The number of hydrogen-bond donors (Lipinski definition) is 0. The monoisotopic (exact) mass is 401 g/mol. The second-order valence-corrected chi connectivity index (χ2v) is 6.59. The molecule has 1 heterocycles. The van der Waals surface area contributed by atoms with Gasteiger partial charge in [0.15, 0.2) is 12.4 Å². The number of amides is 1. The number of rotatable bonds is 5. The molecule has 2 aromatic rings. The molecule has 5 nitrogen and oxygen atoms in total. The van der Waals surface area contributed by atoms with Crippen molar-refractivity contribution in [1.29, 1.82) is 0 Å². The van der Waals surface area contributed by atoms with Gasteiger partial charge in [-0.25, -0.2) is 4.79 Å². The molecule has 0 unspecified atom stereocenters. The Morgan fingerprint density at radius 1 is 1.08 bits per heavy atom. The van der Waals surface area contributed by atoms with Crippen molar-refractivity contribution in [2.24, 2.45) is 0 Å². The third kappa shape index (κ3) is 3.96. The molecule has 1 amide bonds. The van der Waals surface area contributed by atoms with E-state index < -0.39 is 5.97 Å². The summed E-state index contributed by atoms with van der Waals surface area (Å²) in [5, 5.41) is 0. The van der Waals surface area contributed by atoms with Crippen LogP contribution in [0.5, 0.6) is 0 Å². The van der Waals surface area contributed by atoms with Gasteiger partial charge in [0, 0.05) is 23.0 Å². The van der Waals surface area contributed by atoms with Gasteiger partial charge in [0.25, 0.3) is 0 Å². The summed E-state index contributed by atoms with van der Waals surface area (Å²) in [6.45, 7) is 0.240. The predicted octanol–water partition coefficient (Wildman–Crippen LogP) is 3.62. The number of para-hydroxylation sites is 1. The first-order chi connectivity index (χ1) is 12.1. The molecule has 25 heavy (non-hydrogen) atoms. The number of ketones is 1. The summed E-state index contributed by atoms with van der Waals surface area (Å²) in [7, 11) is 0. The van der Waals surface area contributed by atoms with Crippen LogP contribution in [0.15, 0.2) is 53.0 Å². The zero-order chi connectivity index (χ0) is 17.8. The Bertz CT molecular complexity index is 816. The van der Waals surface area contributed by atoms with Gasteiger partial charge in [-0.15, -0.1) is 0 Å². The van der Waals surface area contributed by atoms with E-state index in [4.69, 9.17) is 4.74 Å². The molecular weight excluding hydrogens is 386 g/mol. The number of esters is 1. The van der Waals surface area contributed by atoms with Crippen LogP contribution < -0.4 is 4.90 Å². The third-order valence-electron chi connectivity index (χ3n) is 3.99. The van der Waals surface area contributed by atoms with Gasteiger partial charge in [0.2, 0.25) is 5.91 Å². The Labute approximate surface area is 153 Å². The Morgan fingerprint density at radius 3 is 2.48 bits per heavy atom. The Hall–Kier alpha value is -2.47. The molecule has 0 aliphatic carbocycles. The zero-order valence-corrected chi connectivity index (χ0v) is 15.0. The van der Waals surface area contributed by atoms with E-state index in [1.54, 1.807) is 53.4 Å². The van der Waals surface area contributed by atoms with Crippen LogP contribution in [0.2, 0.25) is 0 Å². The van der Waals surface area contributed by atoms with E-state index in [1.807, 2.05) is 0 Å². The minimum absolute atomic E-state index is 0.00816. The lowest BCUT2D eigenvalue weighted by molar-refractivity contribution is -0.117. The summed E-state index contributed by atoms with van der Waals surface area (Å²) in [6.07, 6.45) is 1.25. The molecular formula is C19H16BrNO4. The van der Waals surface area contributed by atoms with Crippen LogP contribution >= 0.6 is 15.9 Å². The smallest absolute Gasteiger partial charge is 0.340 e. The van der Waals surface area contributed by atoms with Crippen molar-refractivity contribution in [3.63, 3.8) is 0 Å². The minimum atomic E-state index is -0.610. The van der Waals surface area contributed by atoms with E-state index in [0.717, 1.165) is 10.9 Å². The molecule has 1 aliphatic rings. The summed E-state index contributed by atoms with van der Waals surface area (Å²) >= 11 is 3.30. The van der Waals surface area contributed by atoms with Gasteiger partial charge in [-0.1, -0.05) is 40.2 Å². The highest BCUT2D eigenvalue weighted by Gasteiger charge is 2.26. The van der Waals surface area contributed by atoms with Crippen molar-refractivity contribution < 1.29 is 19.1 Å². The molecule has 0 atom stereocenters. The standard InChI is InChI=1S/C19H16BrNO4/c20-14-9-7-13(8-10-14)17(22)12-25-19(24)15-4-1-2-5-16(15)21-11-3-6-18(21)23/h1-2,4-5,7-10H,3,6,11-12H2. The number of halogens is 1. The molecule has 3 rings (SSSR count). The second-order valence-electron chi connectivity index (χ2n) is 5.67. The van der Waals surface area contributed by atoms with E-state index in [2.05, 4.69) is 15.9 Å². The quantitative estimate of drug-likeness (QED) is 0.566. The average molecular weight is 402 g/mol. The van der Waals surface area contributed by atoms with E-state index in [9.17, 15) is 14.4 Å². The summed E-state index contributed by atoms with van der Waals surface area (Å²) in [5.41, 5.74) is 1.30. The number of carbonyl (C=O) groups is 3. The number of anilines is 1. The highest BCUT2D eigenvalue weighted by molar-refractivity contribution is 9.10. The van der Waals surface area contributed by atoms with Gasteiger partial charge in [-0.2, -0.15) is 0 Å². The maximum Gasteiger partial charge on any atom is 0.340 e. The van der Waals surface area contributed by atoms with Crippen LogP contribution in [0.3, 0.4) is 0 Å². The lowest BCUT2D eigenvalue weighted by atomic mass is 10.1. The van der Waals surface area contributed by atoms with Gasteiger partial charge >= 0.3 is 5.97 Å². The fourth-order valence-corrected chi connectivity index (χ4v) is 2.98. The number of hydrogen-bond acceptors (Lipinski definition) is 4. The number of carbonyl (C=O) groups excluding carboxylic acids is 3. The summed E-state index contributed by atoms with van der Waals surface area (Å²) in [4.78, 5) is 38.1. The second kappa shape index (κ2) is 7.61. The summed E-state index contributed by atoms with van der Waals surface area (Å²) < 4.78 is 6.04. The van der Waals surface area contributed by atoms with Crippen LogP contribution in [0, 0.1) is 0 Å². The van der Waals surface area contributed by atoms with Crippen molar-refractivity contribution in [3.8, 4) is 0 Å². The molecule has 1 saturated heterocycles. The highest BCUT2D eigenvalue weighted by Crippen LogP contribution is 2.26. The fraction of sp³-hybridized carbons (Fsp3) is 0.211. The van der Waals surface area contributed by atoms with Crippen molar-refractivity contribution in [3.05, 3.63) is 64.1 Å². The molecule has 0 N–H and O–H groups in total. The summed E-state index contributed by atoms with van der Waals surface area (Å²) in [6, 6.07) is 13.6. The topological polar surface area (TPSA) is 63.7 Å². The molecule has 6 heteroatoms. The maximum atomic E-state index is 12.4. The Kier molecular flexibility index (Phi) is 5.28. The van der Waals surface area contributed by atoms with Gasteiger partial charge in [-0.05, 0) is 30.7 Å². The maximum absolute atomic E-state index is 12.4. The number of nitrogens with zero attached hydrogens (tertiary/aromatic N) is 1. The molecule has 0 spiro atoms. The molecule has 0 radical (unpaired) electrons. The van der Waals surface area contributed by atoms with E-state index in [1.165, 1.54) is 0 Å². The first-order valence-corrected chi connectivity index (χ1v) is 8.71. The first-order valence-electron chi connectivity index (χ1n) is 7.91. The Balaban J connectivity index is 1.70. The number of Topliss-reactive ketones (excluding diaryl/α,β-unsaturated/α-hetero) is 1. The SMILES string of the molecule is O=C(COC(=O)c1ccccc1N1CCCC1=O)c1ccc(Br)cc1. The van der Waals surface area contributed by atoms with Gasteiger partial charge in [-0.3, -0.25) is 9.59 Å². The van der Waals surface area contributed by atoms with Gasteiger partial charge in [0.1, 0.15) is 0 Å². The Morgan fingerprint density at radius 2 is 1.80 bits per heavy atom. The first kappa shape index (κ1) is 17.4. The lowest BCUT2D eigenvalue weighted by Crippen LogP contribution is -2.26. The van der Waals surface area contributed by atoms with Crippen LogP contribution in [0.25, 0.3) is 0 Å². The molecule has 1 aliphatic heterocycles. The van der Waals surface area contributed by atoms with E-state index >= 15 is 0 Å². The molecule has 0 bridgehead atoms.